The van der Waals surface area contributed by atoms with Gasteiger partial charge in [-0.3, -0.25) is 0 Å². The Bertz CT molecular complexity index is 3160. The van der Waals surface area contributed by atoms with Crippen LogP contribution in [0.2, 0.25) is 0 Å². The van der Waals surface area contributed by atoms with E-state index in [0.29, 0.717) is 5.92 Å². The van der Waals surface area contributed by atoms with Crippen molar-refractivity contribution in [1.82, 2.24) is 4.40 Å². The molecule has 1 saturated heterocycles. The maximum absolute atomic E-state index is 2.71. The van der Waals surface area contributed by atoms with Crippen molar-refractivity contribution >= 4 is 66.1 Å². The van der Waals surface area contributed by atoms with Crippen LogP contribution in [0.25, 0.3) is 71.5 Å². The van der Waals surface area contributed by atoms with Crippen LogP contribution in [-0.4, -0.2) is 10.4 Å². The highest BCUT2D eigenvalue weighted by atomic mass is 15.2. The molecule has 0 spiro atoms. The van der Waals surface area contributed by atoms with E-state index < -0.39 is 0 Å². The highest BCUT2D eigenvalue weighted by molar-refractivity contribution is 6.26. The topological polar surface area (TPSA) is 7.65 Å². The first-order chi connectivity index (χ1) is 27.8. The molecular weight excluding hydrogens is 677 g/mol. The van der Waals surface area contributed by atoms with Gasteiger partial charge in [0.15, 0.2) is 0 Å². The zero-order valence-electron chi connectivity index (χ0n) is 31.0. The minimum atomic E-state index is 0.271. The van der Waals surface area contributed by atoms with Gasteiger partial charge in [0.05, 0.1) is 28.3 Å². The third kappa shape index (κ3) is 4.11. The minimum Gasteiger partial charge on any atom is -0.332 e. The molecule has 8 aromatic rings. The van der Waals surface area contributed by atoms with E-state index in [1.54, 1.807) is 0 Å². The van der Waals surface area contributed by atoms with Crippen molar-refractivity contribution < 1.29 is 0 Å². The zero-order chi connectivity index (χ0) is 36.5. The molecule has 6 aromatic carbocycles. The number of para-hydroxylation sites is 1. The van der Waals surface area contributed by atoms with E-state index >= 15 is 0 Å². The molecule has 0 amide bonds. The Hall–Kier alpha value is -6.64. The molecule has 1 unspecified atom stereocenters. The van der Waals surface area contributed by atoms with E-state index in [9.17, 15) is 0 Å². The van der Waals surface area contributed by atoms with Crippen molar-refractivity contribution in [3.05, 3.63) is 203 Å². The Morgan fingerprint density at radius 3 is 1.98 bits per heavy atom. The highest BCUT2D eigenvalue weighted by Gasteiger charge is 2.52. The van der Waals surface area contributed by atoms with Crippen molar-refractivity contribution in [1.29, 1.82) is 0 Å². The normalized spacial score (nSPS) is 19.8. The minimum absolute atomic E-state index is 0.271. The Morgan fingerprint density at radius 1 is 0.464 bits per heavy atom. The summed E-state index contributed by atoms with van der Waals surface area (Å²) < 4.78 is 2.58. The maximum Gasteiger partial charge on any atom is 0.0708 e. The number of hydrogen-bond donors (Lipinski definition) is 0. The summed E-state index contributed by atoms with van der Waals surface area (Å²) in [6, 6.07) is 50.1. The number of anilines is 1. The van der Waals surface area contributed by atoms with Gasteiger partial charge in [-0.1, -0.05) is 152 Å². The standard InChI is InChI=1S/C54H38N2/c1-3-11-33(12-4-1)35-19-23-37(24-20-35)39-27-29-41-45-31-50-46(32-49(45)55-47-17-9-7-15-43(47)51(39)53(41)55)42-30-28-40(52-44-16-8-10-18-48(44)56(50)54(42)52)38-25-21-36(22-26-38)34-13-5-2-6-14-34/h1-7,9,11-19,21-23,25-32,52,54H,8,10,20,24H2/t52-,54?/m1/s1. The summed E-state index contributed by atoms with van der Waals surface area (Å²) >= 11 is 0. The molecule has 2 nitrogen and oxygen atoms in total. The molecule has 0 bridgehead atoms. The lowest BCUT2D eigenvalue weighted by Crippen LogP contribution is -2.29. The Kier molecular flexibility index (Phi) is 6.27. The molecular formula is C54H38N2. The lowest BCUT2D eigenvalue weighted by molar-refractivity contribution is 0.751. The van der Waals surface area contributed by atoms with E-state index in [1.165, 1.54) is 111 Å². The molecule has 264 valence electrons. The number of hydrogen-bond acceptors (Lipinski definition) is 1. The fourth-order valence-corrected chi connectivity index (χ4v) is 11.0. The third-order valence-corrected chi connectivity index (χ3v) is 13.4. The molecule has 2 heteroatoms. The van der Waals surface area contributed by atoms with Gasteiger partial charge in [-0.15, -0.1) is 0 Å². The van der Waals surface area contributed by atoms with Gasteiger partial charge >= 0.3 is 0 Å². The van der Waals surface area contributed by atoms with Gasteiger partial charge in [-0.25, -0.2) is 0 Å². The van der Waals surface area contributed by atoms with Crippen LogP contribution in [0, 0.1) is 5.92 Å². The molecule has 56 heavy (non-hydrogen) atoms. The van der Waals surface area contributed by atoms with E-state index in [4.69, 9.17) is 0 Å². The van der Waals surface area contributed by atoms with Crippen LogP contribution in [0.3, 0.4) is 0 Å². The molecule has 4 heterocycles. The van der Waals surface area contributed by atoms with Crippen LogP contribution in [0.4, 0.5) is 5.69 Å². The van der Waals surface area contributed by atoms with Gasteiger partial charge in [0.25, 0.3) is 0 Å². The van der Waals surface area contributed by atoms with E-state index in [1.807, 2.05) is 0 Å². The molecule has 13 rings (SSSR count). The van der Waals surface area contributed by atoms with Gasteiger partial charge in [0.1, 0.15) is 0 Å². The highest BCUT2D eigenvalue weighted by Crippen LogP contribution is 2.60. The van der Waals surface area contributed by atoms with Gasteiger partial charge in [-0.2, -0.15) is 0 Å². The Morgan fingerprint density at radius 2 is 1.16 bits per heavy atom. The predicted octanol–water partition coefficient (Wildman–Crippen LogP) is 13.7. The molecule has 5 aliphatic rings. The summed E-state index contributed by atoms with van der Waals surface area (Å²) in [4.78, 5) is 2.71. The van der Waals surface area contributed by atoms with Crippen LogP contribution in [0.5, 0.6) is 0 Å². The zero-order valence-corrected chi connectivity index (χ0v) is 31.0. The average molecular weight is 715 g/mol. The first-order valence-electron chi connectivity index (χ1n) is 20.3. The Labute approximate surface area is 326 Å². The summed E-state index contributed by atoms with van der Waals surface area (Å²) in [6.07, 6.45) is 19.0. The molecule has 0 N–H and O–H groups in total. The molecule has 3 aliphatic carbocycles. The predicted molar refractivity (Wildman–Crippen MR) is 236 cm³/mol. The second-order valence-corrected chi connectivity index (χ2v) is 16.2. The maximum atomic E-state index is 2.71. The molecule has 2 aliphatic heterocycles. The van der Waals surface area contributed by atoms with E-state index in [-0.39, 0.29) is 6.04 Å². The fourth-order valence-electron chi connectivity index (χ4n) is 11.0. The van der Waals surface area contributed by atoms with Crippen molar-refractivity contribution in [2.45, 2.75) is 31.7 Å². The Balaban J connectivity index is 0.991. The summed E-state index contributed by atoms with van der Waals surface area (Å²) in [5, 5.41) is 5.42. The monoisotopic (exact) mass is 714 g/mol. The molecule has 0 radical (unpaired) electrons. The molecule has 0 saturated carbocycles. The smallest absolute Gasteiger partial charge is 0.0708 e. The second-order valence-electron chi connectivity index (χ2n) is 16.2. The quantitative estimate of drug-likeness (QED) is 0.176. The SMILES string of the molecule is C1=C(c2ccccc2)CCC(c2ccc3c4cc5c(cc4n4c6ccccc6c2c34)C2=CC=C(c3ccc(-c4ccccc4)cc3)[C@@H]3C4=CCCC=C4N5C23)=C1. The number of rotatable bonds is 4. The number of benzene rings is 6. The number of fused-ring (bicyclic) bond motifs is 12. The number of aromatic nitrogens is 1. The second kappa shape index (κ2) is 11.4. The van der Waals surface area contributed by atoms with Crippen LogP contribution < -0.4 is 4.90 Å². The average Bonchev–Trinajstić information content (AvgIpc) is 4.00. The third-order valence-electron chi connectivity index (χ3n) is 13.4. The number of allylic oxidation sites excluding steroid dienone is 9. The van der Waals surface area contributed by atoms with Crippen molar-refractivity contribution in [2.75, 3.05) is 4.90 Å². The summed E-state index contributed by atoms with van der Waals surface area (Å²) in [7, 11) is 0. The van der Waals surface area contributed by atoms with Gasteiger partial charge in [0, 0.05) is 38.7 Å². The van der Waals surface area contributed by atoms with E-state index in [2.05, 4.69) is 179 Å². The van der Waals surface area contributed by atoms with Crippen LogP contribution in [0.15, 0.2) is 181 Å². The largest absolute Gasteiger partial charge is 0.332 e. The summed E-state index contributed by atoms with van der Waals surface area (Å²) in [6.45, 7) is 0. The molecule has 2 atom stereocenters. The molecule has 1 fully saturated rings. The van der Waals surface area contributed by atoms with Gasteiger partial charge in [-0.05, 0) is 99.6 Å². The summed E-state index contributed by atoms with van der Waals surface area (Å²) in [5.74, 6) is 0.306. The van der Waals surface area contributed by atoms with Crippen molar-refractivity contribution in [2.24, 2.45) is 5.92 Å². The van der Waals surface area contributed by atoms with Crippen molar-refractivity contribution in [3.63, 3.8) is 0 Å². The van der Waals surface area contributed by atoms with E-state index in [0.717, 1.165) is 25.7 Å². The first kappa shape index (κ1) is 30.7. The van der Waals surface area contributed by atoms with Gasteiger partial charge < -0.3 is 9.30 Å². The number of nitrogens with zero attached hydrogens (tertiary/aromatic N) is 2. The fraction of sp³-hybridized carbons (Fsp3) is 0.111. The lowest BCUT2D eigenvalue weighted by Gasteiger charge is -2.28. The first-order valence-corrected chi connectivity index (χ1v) is 20.3. The lowest BCUT2D eigenvalue weighted by atomic mass is 9.76. The van der Waals surface area contributed by atoms with Gasteiger partial charge in [0.2, 0.25) is 0 Å². The summed E-state index contributed by atoms with van der Waals surface area (Å²) in [5.41, 5.74) is 21.9. The van der Waals surface area contributed by atoms with Crippen LogP contribution in [-0.2, 0) is 0 Å². The molecule has 2 aromatic heterocycles. The van der Waals surface area contributed by atoms with Crippen LogP contribution >= 0.6 is 0 Å². The van der Waals surface area contributed by atoms with Crippen LogP contribution in [0.1, 0.15) is 47.9 Å². The van der Waals surface area contributed by atoms with Crippen molar-refractivity contribution in [3.8, 4) is 11.1 Å².